The molecule has 2 aromatic rings. The Hall–Kier alpha value is -1.82. The molecule has 0 radical (unpaired) electrons. The van der Waals surface area contributed by atoms with Gasteiger partial charge in [0.1, 0.15) is 11.9 Å². The highest BCUT2D eigenvalue weighted by Gasteiger charge is 2.25. The maximum Gasteiger partial charge on any atom is 0.322 e. The maximum absolute atomic E-state index is 13.8. The minimum Gasteiger partial charge on any atom is -0.370 e. The van der Waals surface area contributed by atoms with Gasteiger partial charge in [0.25, 0.3) is 0 Å². The van der Waals surface area contributed by atoms with E-state index in [0.717, 1.165) is 11.6 Å². The molecule has 0 bridgehead atoms. The minimum absolute atomic E-state index is 0.0962. The number of carbonyl (C=O) groups excluding carboxylic acids is 1. The van der Waals surface area contributed by atoms with Gasteiger partial charge in [-0.3, -0.25) is 0 Å². The molecule has 1 N–H and O–H groups in total. The molecule has 7 heteroatoms. The second-order valence-electron chi connectivity index (χ2n) is 5.41. The second-order valence-corrected chi connectivity index (χ2v) is 6.28. The van der Waals surface area contributed by atoms with Gasteiger partial charge in [-0.2, -0.15) is 0 Å². The van der Waals surface area contributed by atoms with E-state index in [9.17, 15) is 9.18 Å². The van der Waals surface area contributed by atoms with E-state index in [2.05, 4.69) is 5.32 Å². The standard InChI is InChI=1S/C17H15Cl2FN2O2/c18-12-3-1-11(2-4-12)16-10-22(7-8-24-16)17(23)21-15-6-5-13(19)9-14(15)20/h1-6,9,16H,7-8,10H2,(H,21,23). The zero-order valence-corrected chi connectivity index (χ0v) is 14.1. The smallest absolute Gasteiger partial charge is 0.322 e. The first-order valence-corrected chi connectivity index (χ1v) is 8.16. The monoisotopic (exact) mass is 368 g/mol. The highest BCUT2D eigenvalue weighted by atomic mass is 35.5. The van der Waals surface area contributed by atoms with Crippen molar-refractivity contribution in [3.05, 3.63) is 63.9 Å². The molecule has 1 aliphatic rings. The second kappa shape index (κ2) is 7.38. The molecule has 1 atom stereocenters. The third-order valence-corrected chi connectivity index (χ3v) is 4.26. The summed E-state index contributed by atoms with van der Waals surface area (Å²) >= 11 is 11.6. The Bertz CT molecular complexity index is 740. The molecule has 1 aliphatic heterocycles. The van der Waals surface area contributed by atoms with E-state index in [1.165, 1.54) is 12.1 Å². The number of halogens is 3. The van der Waals surface area contributed by atoms with Crippen LogP contribution in [0.5, 0.6) is 0 Å². The Morgan fingerprint density at radius 1 is 1.17 bits per heavy atom. The van der Waals surface area contributed by atoms with Crippen molar-refractivity contribution < 1.29 is 13.9 Å². The average molecular weight is 369 g/mol. The molecule has 1 unspecified atom stereocenters. The fourth-order valence-electron chi connectivity index (χ4n) is 2.50. The average Bonchev–Trinajstić information content (AvgIpc) is 2.58. The normalized spacial score (nSPS) is 17.6. The van der Waals surface area contributed by atoms with E-state index in [-0.39, 0.29) is 22.8 Å². The molecular weight excluding hydrogens is 354 g/mol. The van der Waals surface area contributed by atoms with Gasteiger partial charge in [-0.1, -0.05) is 35.3 Å². The van der Waals surface area contributed by atoms with Crippen molar-refractivity contribution >= 4 is 34.9 Å². The predicted octanol–water partition coefficient (Wildman–Crippen LogP) is 4.74. The Labute approximate surface area is 149 Å². The van der Waals surface area contributed by atoms with Crippen molar-refractivity contribution in [2.75, 3.05) is 25.0 Å². The number of urea groups is 1. The van der Waals surface area contributed by atoms with E-state index < -0.39 is 5.82 Å². The van der Waals surface area contributed by atoms with Gasteiger partial charge in [-0.25, -0.2) is 9.18 Å². The van der Waals surface area contributed by atoms with Gasteiger partial charge in [0.05, 0.1) is 18.8 Å². The summed E-state index contributed by atoms with van der Waals surface area (Å²) in [6.45, 7) is 1.22. The number of nitrogens with zero attached hydrogens (tertiary/aromatic N) is 1. The number of morpholine rings is 1. The van der Waals surface area contributed by atoms with Crippen molar-refractivity contribution in [2.24, 2.45) is 0 Å². The van der Waals surface area contributed by atoms with Crippen molar-refractivity contribution in [2.45, 2.75) is 6.10 Å². The lowest BCUT2D eigenvalue weighted by molar-refractivity contribution is -0.0135. The van der Waals surface area contributed by atoms with Crippen LogP contribution in [0.25, 0.3) is 0 Å². The lowest BCUT2D eigenvalue weighted by atomic mass is 10.1. The summed E-state index contributed by atoms with van der Waals surface area (Å²) in [6, 6.07) is 11.0. The van der Waals surface area contributed by atoms with Crippen LogP contribution in [0.3, 0.4) is 0 Å². The summed E-state index contributed by atoms with van der Waals surface area (Å²) in [4.78, 5) is 14.0. The van der Waals surface area contributed by atoms with Crippen LogP contribution in [0.15, 0.2) is 42.5 Å². The molecule has 4 nitrogen and oxygen atoms in total. The topological polar surface area (TPSA) is 41.6 Å². The third-order valence-electron chi connectivity index (χ3n) is 3.77. The van der Waals surface area contributed by atoms with Crippen molar-refractivity contribution in [1.82, 2.24) is 4.90 Å². The summed E-state index contributed by atoms with van der Waals surface area (Å²) in [5, 5.41) is 3.48. The number of hydrogen-bond donors (Lipinski definition) is 1. The first-order valence-electron chi connectivity index (χ1n) is 7.41. The Kier molecular flexibility index (Phi) is 5.23. The number of amides is 2. The van der Waals surface area contributed by atoms with Gasteiger partial charge in [-0.05, 0) is 35.9 Å². The first kappa shape index (κ1) is 17.0. The zero-order valence-electron chi connectivity index (χ0n) is 12.6. The van der Waals surface area contributed by atoms with Crippen LogP contribution in [-0.2, 0) is 4.74 Å². The van der Waals surface area contributed by atoms with Crippen LogP contribution >= 0.6 is 23.2 Å². The molecule has 2 amide bonds. The summed E-state index contributed by atoms with van der Waals surface area (Å²) < 4.78 is 19.5. The predicted molar refractivity (Wildman–Crippen MR) is 92.1 cm³/mol. The van der Waals surface area contributed by atoms with Gasteiger partial charge in [0, 0.05) is 16.6 Å². The molecule has 2 aromatic carbocycles. The summed E-state index contributed by atoms with van der Waals surface area (Å²) in [6.07, 6.45) is -0.239. The third kappa shape index (κ3) is 3.98. The highest BCUT2D eigenvalue weighted by Crippen LogP contribution is 2.25. The van der Waals surface area contributed by atoms with Gasteiger partial charge in [-0.15, -0.1) is 0 Å². The maximum atomic E-state index is 13.8. The number of benzene rings is 2. The summed E-state index contributed by atoms with van der Waals surface area (Å²) in [5.74, 6) is -0.571. The van der Waals surface area contributed by atoms with E-state index in [4.69, 9.17) is 27.9 Å². The van der Waals surface area contributed by atoms with E-state index >= 15 is 0 Å². The van der Waals surface area contributed by atoms with Crippen LogP contribution in [0.1, 0.15) is 11.7 Å². The summed E-state index contributed by atoms with van der Waals surface area (Å²) in [5.41, 5.74) is 1.04. The Balaban J connectivity index is 1.67. The molecule has 0 aliphatic carbocycles. The number of nitrogens with one attached hydrogen (secondary N) is 1. The molecule has 126 valence electrons. The largest absolute Gasteiger partial charge is 0.370 e. The molecule has 3 rings (SSSR count). The van der Waals surface area contributed by atoms with Crippen LogP contribution in [0.2, 0.25) is 10.0 Å². The lowest BCUT2D eigenvalue weighted by Crippen LogP contribution is -2.44. The molecule has 1 fully saturated rings. The molecule has 0 spiro atoms. The van der Waals surface area contributed by atoms with E-state index in [1.807, 2.05) is 12.1 Å². The molecule has 1 heterocycles. The van der Waals surface area contributed by atoms with Gasteiger partial charge < -0.3 is 15.0 Å². The molecular formula is C17H15Cl2FN2O2. The van der Waals surface area contributed by atoms with Gasteiger partial charge in [0.2, 0.25) is 0 Å². The summed E-state index contributed by atoms with van der Waals surface area (Å²) in [7, 11) is 0. The number of hydrogen-bond acceptors (Lipinski definition) is 2. The van der Waals surface area contributed by atoms with E-state index in [1.54, 1.807) is 17.0 Å². The number of anilines is 1. The van der Waals surface area contributed by atoms with Crippen LogP contribution in [-0.4, -0.2) is 30.6 Å². The Morgan fingerprint density at radius 3 is 2.58 bits per heavy atom. The first-order chi connectivity index (χ1) is 11.5. The quantitative estimate of drug-likeness (QED) is 0.831. The number of ether oxygens (including phenoxy) is 1. The molecule has 0 aromatic heterocycles. The van der Waals surface area contributed by atoms with Crippen LogP contribution < -0.4 is 5.32 Å². The Morgan fingerprint density at radius 2 is 1.88 bits per heavy atom. The lowest BCUT2D eigenvalue weighted by Gasteiger charge is -2.33. The molecule has 0 saturated carbocycles. The van der Waals surface area contributed by atoms with Gasteiger partial charge >= 0.3 is 6.03 Å². The van der Waals surface area contributed by atoms with Crippen LogP contribution in [0, 0.1) is 5.82 Å². The number of carbonyl (C=O) groups is 1. The molecule has 24 heavy (non-hydrogen) atoms. The van der Waals surface area contributed by atoms with Gasteiger partial charge in [0.15, 0.2) is 0 Å². The fourth-order valence-corrected chi connectivity index (χ4v) is 2.78. The van der Waals surface area contributed by atoms with E-state index in [0.29, 0.717) is 24.7 Å². The van der Waals surface area contributed by atoms with Crippen molar-refractivity contribution in [3.63, 3.8) is 0 Å². The SMILES string of the molecule is O=C(Nc1ccc(Cl)cc1F)N1CCOC(c2ccc(Cl)cc2)C1. The van der Waals surface area contributed by atoms with Crippen LogP contribution in [0.4, 0.5) is 14.9 Å². The molecule has 1 saturated heterocycles. The fraction of sp³-hybridized carbons (Fsp3) is 0.235. The number of rotatable bonds is 2. The van der Waals surface area contributed by atoms with Crippen molar-refractivity contribution in [3.8, 4) is 0 Å². The zero-order chi connectivity index (χ0) is 17.1. The van der Waals surface area contributed by atoms with Crippen molar-refractivity contribution in [1.29, 1.82) is 0 Å². The minimum atomic E-state index is -0.571. The highest BCUT2D eigenvalue weighted by molar-refractivity contribution is 6.30.